The Morgan fingerprint density at radius 3 is 2.70 bits per heavy atom. The molecule has 1 aliphatic carbocycles. The van der Waals surface area contributed by atoms with Gasteiger partial charge in [0.05, 0.1) is 17.2 Å². The second-order valence-electron chi connectivity index (χ2n) is 7.46. The lowest BCUT2D eigenvalue weighted by Gasteiger charge is -2.50. The number of aromatic nitrogens is 1. The summed E-state index contributed by atoms with van der Waals surface area (Å²) in [6, 6.07) is 18.5. The lowest BCUT2D eigenvalue weighted by molar-refractivity contribution is -0.0325. The molecule has 0 bridgehead atoms. The highest BCUT2D eigenvalue weighted by molar-refractivity contribution is 7.80. The molecule has 5 heteroatoms. The van der Waals surface area contributed by atoms with Gasteiger partial charge in [-0.2, -0.15) is 0 Å². The van der Waals surface area contributed by atoms with Crippen molar-refractivity contribution >= 4 is 33.9 Å². The largest absolute Gasteiger partial charge is 0.487 e. The molecule has 2 heterocycles. The monoisotopic (exact) mass is 375 g/mol. The van der Waals surface area contributed by atoms with Crippen molar-refractivity contribution < 1.29 is 4.74 Å². The fourth-order valence-corrected chi connectivity index (χ4v) is 4.64. The van der Waals surface area contributed by atoms with Crippen LogP contribution in [-0.2, 0) is 0 Å². The topological polar surface area (TPSA) is 51.4 Å². The zero-order valence-corrected chi connectivity index (χ0v) is 15.8. The summed E-state index contributed by atoms with van der Waals surface area (Å²) < 4.78 is 6.41. The Bertz CT molecular complexity index is 1030. The van der Waals surface area contributed by atoms with Gasteiger partial charge in [-0.05, 0) is 49.7 Å². The van der Waals surface area contributed by atoms with Crippen LogP contribution >= 0.6 is 12.2 Å². The van der Waals surface area contributed by atoms with Crippen LogP contribution in [0.1, 0.15) is 37.3 Å². The first-order valence-corrected chi connectivity index (χ1v) is 9.78. The van der Waals surface area contributed by atoms with Gasteiger partial charge in [-0.15, -0.1) is 0 Å². The van der Waals surface area contributed by atoms with E-state index in [1.807, 2.05) is 30.5 Å². The smallest absolute Gasteiger partial charge is 0.171 e. The number of hydrogen-bond donors (Lipinski definition) is 1. The predicted octanol–water partition coefficient (Wildman–Crippen LogP) is 4.73. The third-order valence-corrected chi connectivity index (χ3v) is 6.05. The normalized spacial score (nSPS) is 19.8. The van der Waals surface area contributed by atoms with E-state index >= 15 is 0 Å². The molecule has 136 valence electrons. The van der Waals surface area contributed by atoms with Crippen LogP contribution in [0.25, 0.3) is 10.9 Å². The van der Waals surface area contributed by atoms with Crippen molar-refractivity contribution in [2.45, 2.75) is 37.3 Å². The molecule has 0 saturated heterocycles. The van der Waals surface area contributed by atoms with Crippen molar-refractivity contribution in [3.05, 3.63) is 66.4 Å². The van der Waals surface area contributed by atoms with Crippen molar-refractivity contribution in [1.82, 2.24) is 4.98 Å². The molecule has 5 rings (SSSR count). The minimum Gasteiger partial charge on any atom is -0.487 e. The highest BCUT2D eigenvalue weighted by atomic mass is 32.1. The third-order valence-electron chi connectivity index (χ3n) is 5.85. The van der Waals surface area contributed by atoms with Crippen molar-refractivity contribution in [1.29, 1.82) is 0 Å². The molecule has 0 radical (unpaired) electrons. The summed E-state index contributed by atoms with van der Waals surface area (Å²) in [4.78, 5) is 6.69. The lowest BCUT2D eigenvalue weighted by Crippen LogP contribution is -2.51. The predicted molar refractivity (Wildman–Crippen MR) is 112 cm³/mol. The first-order chi connectivity index (χ1) is 13.2. The van der Waals surface area contributed by atoms with Crippen molar-refractivity contribution in [2.75, 3.05) is 4.90 Å². The minimum absolute atomic E-state index is 0.0420. The molecule has 2 N–H and O–H groups in total. The van der Waals surface area contributed by atoms with Crippen LogP contribution in [0.4, 0.5) is 5.69 Å². The Balaban J connectivity index is 1.68. The summed E-state index contributed by atoms with van der Waals surface area (Å²) in [5.74, 6) is 0.947. The standard InChI is InChI=1S/C22H21N3OS/c23-21(27)25(17-9-3-6-15-7-4-13-24-20(15)17)18-14-22(11-5-12-22)26-19-10-2-1-8-16(18)19/h1-4,6-10,13,18H,5,11-12,14H2,(H2,23,27). The van der Waals surface area contributed by atoms with E-state index in [9.17, 15) is 0 Å². The number of thiocarbonyl (C=S) groups is 1. The maximum Gasteiger partial charge on any atom is 0.171 e. The number of nitrogens with zero attached hydrogens (tertiary/aromatic N) is 2. The summed E-state index contributed by atoms with van der Waals surface area (Å²) >= 11 is 5.54. The van der Waals surface area contributed by atoms with Gasteiger partial charge in [-0.3, -0.25) is 4.98 Å². The fourth-order valence-electron chi connectivity index (χ4n) is 4.42. The molecule has 4 nitrogen and oxygen atoms in total. The Morgan fingerprint density at radius 1 is 1.11 bits per heavy atom. The Morgan fingerprint density at radius 2 is 1.93 bits per heavy atom. The molecule has 1 aliphatic heterocycles. The van der Waals surface area contributed by atoms with Crippen LogP contribution in [0.2, 0.25) is 0 Å². The molecule has 3 aromatic rings. The molecule has 1 aromatic heterocycles. The number of para-hydroxylation sites is 2. The minimum atomic E-state index is -0.0972. The first-order valence-electron chi connectivity index (χ1n) is 9.37. The fraction of sp³-hybridized carbons (Fsp3) is 0.273. The van der Waals surface area contributed by atoms with E-state index in [0.29, 0.717) is 5.11 Å². The summed E-state index contributed by atoms with van der Waals surface area (Å²) in [5, 5.41) is 1.44. The molecular formula is C22H21N3OS. The molecule has 1 saturated carbocycles. The number of anilines is 1. The zero-order valence-electron chi connectivity index (χ0n) is 15.0. The number of nitrogens with two attached hydrogens (primary N) is 1. The lowest BCUT2D eigenvalue weighted by atomic mass is 9.72. The van der Waals surface area contributed by atoms with Crippen LogP contribution in [0.3, 0.4) is 0 Å². The number of fused-ring (bicyclic) bond motifs is 2. The Hall–Kier alpha value is -2.66. The van der Waals surface area contributed by atoms with Gasteiger partial charge >= 0.3 is 0 Å². The second kappa shape index (κ2) is 6.20. The molecule has 2 aliphatic rings. The van der Waals surface area contributed by atoms with Gasteiger partial charge in [-0.1, -0.05) is 36.4 Å². The van der Waals surface area contributed by atoms with Crippen molar-refractivity contribution in [3.8, 4) is 5.75 Å². The molecule has 1 atom stereocenters. The van der Waals surface area contributed by atoms with Crippen LogP contribution in [-0.4, -0.2) is 15.7 Å². The zero-order chi connectivity index (χ0) is 18.4. The van der Waals surface area contributed by atoms with Crippen LogP contribution in [0, 0.1) is 0 Å². The second-order valence-corrected chi connectivity index (χ2v) is 7.88. The van der Waals surface area contributed by atoms with Gasteiger partial charge in [0.15, 0.2) is 5.11 Å². The van der Waals surface area contributed by atoms with E-state index in [1.54, 1.807) is 0 Å². The number of pyridine rings is 1. The molecule has 0 amide bonds. The number of benzene rings is 2. The van der Waals surface area contributed by atoms with Gasteiger partial charge in [0.2, 0.25) is 0 Å². The van der Waals surface area contributed by atoms with Crippen LogP contribution in [0.5, 0.6) is 5.75 Å². The average Bonchev–Trinajstić information content (AvgIpc) is 2.66. The summed E-state index contributed by atoms with van der Waals surface area (Å²) in [6.07, 6.45) is 6.06. The Labute approximate surface area is 164 Å². The molecule has 27 heavy (non-hydrogen) atoms. The summed E-state index contributed by atoms with van der Waals surface area (Å²) in [7, 11) is 0. The number of rotatable bonds is 2. The van der Waals surface area contributed by atoms with Crippen LogP contribution in [0.15, 0.2) is 60.8 Å². The van der Waals surface area contributed by atoms with Crippen molar-refractivity contribution in [3.63, 3.8) is 0 Å². The maximum atomic E-state index is 6.41. The van der Waals surface area contributed by atoms with E-state index in [2.05, 4.69) is 40.2 Å². The molecule has 1 unspecified atom stereocenters. The number of hydrogen-bond acceptors (Lipinski definition) is 3. The van der Waals surface area contributed by atoms with Crippen LogP contribution < -0.4 is 15.4 Å². The summed E-state index contributed by atoms with van der Waals surface area (Å²) in [5.41, 5.74) is 9.19. The van der Waals surface area contributed by atoms with E-state index in [0.717, 1.165) is 47.2 Å². The first kappa shape index (κ1) is 16.5. The van der Waals surface area contributed by atoms with E-state index < -0.39 is 0 Å². The highest BCUT2D eigenvalue weighted by Crippen LogP contribution is 2.51. The molecule has 2 aromatic carbocycles. The van der Waals surface area contributed by atoms with Gasteiger partial charge in [0.1, 0.15) is 11.4 Å². The molecule has 1 fully saturated rings. The van der Waals surface area contributed by atoms with Gasteiger partial charge in [0, 0.05) is 23.6 Å². The Kier molecular flexibility index (Phi) is 3.79. The SMILES string of the molecule is NC(=S)N(c1cccc2cccnc12)C1CC2(CCC2)Oc2ccccc21. The van der Waals surface area contributed by atoms with E-state index in [4.69, 9.17) is 22.7 Å². The van der Waals surface area contributed by atoms with E-state index in [1.165, 1.54) is 6.42 Å². The van der Waals surface area contributed by atoms with Gasteiger partial charge < -0.3 is 15.4 Å². The quantitative estimate of drug-likeness (QED) is 0.656. The summed E-state index contributed by atoms with van der Waals surface area (Å²) in [6.45, 7) is 0. The van der Waals surface area contributed by atoms with Crippen molar-refractivity contribution in [2.24, 2.45) is 5.73 Å². The molecular weight excluding hydrogens is 354 g/mol. The third kappa shape index (κ3) is 2.65. The van der Waals surface area contributed by atoms with E-state index in [-0.39, 0.29) is 11.6 Å². The highest BCUT2D eigenvalue weighted by Gasteiger charge is 2.47. The maximum absolute atomic E-state index is 6.41. The molecule has 1 spiro atoms. The van der Waals surface area contributed by atoms with Gasteiger partial charge in [0.25, 0.3) is 0 Å². The van der Waals surface area contributed by atoms with Gasteiger partial charge in [-0.25, -0.2) is 0 Å². The number of ether oxygens (including phenoxy) is 1. The average molecular weight is 375 g/mol.